The van der Waals surface area contributed by atoms with E-state index in [1.165, 1.54) is 5.70 Å². The fourth-order valence-electron chi connectivity index (χ4n) is 1.89. The molecule has 0 unspecified atom stereocenters. The van der Waals surface area contributed by atoms with Crippen molar-refractivity contribution in [1.29, 1.82) is 0 Å². The van der Waals surface area contributed by atoms with Gasteiger partial charge in [-0.05, 0) is 6.92 Å². The zero-order valence-corrected chi connectivity index (χ0v) is 9.26. The average Bonchev–Trinajstić information content (AvgIpc) is 2.05. The van der Waals surface area contributed by atoms with Crippen LogP contribution in [0.2, 0.25) is 0 Å². The van der Waals surface area contributed by atoms with Gasteiger partial charge in [0, 0.05) is 24.2 Å². The lowest BCUT2D eigenvalue weighted by molar-refractivity contribution is 0.0446. The second-order valence-electron chi connectivity index (χ2n) is 4.52. The van der Waals surface area contributed by atoms with Gasteiger partial charge in [0.1, 0.15) is 0 Å². The number of hydrogen-bond acceptors (Lipinski definition) is 2. The van der Waals surface area contributed by atoms with Gasteiger partial charge in [0.05, 0.1) is 13.2 Å². The van der Waals surface area contributed by atoms with Gasteiger partial charge in [-0.1, -0.05) is 26.8 Å². The number of morpholine rings is 1. The van der Waals surface area contributed by atoms with Crippen molar-refractivity contribution in [2.45, 2.75) is 27.7 Å². The molecule has 0 N–H and O–H groups in total. The number of hydrogen-bond donors (Lipinski definition) is 0. The summed E-state index contributed by atoms with van der Waals surface area (Å²) in [6.45, 7) is 12.7. The second-order valence-corrected chi connectivity index (χ2v) is 4.52. The predicted octanol–water partition coefficient (Wildman–Crippen LogP) is 2.27. The Bertz CT molecular complexity index is 185. The van der Waals surface area contributed by atoms with Crippen molar-refractivity contribution in [3.8, 4) is 0 Å². The summed E-state index contributed by atoms with van der Waals surface area (Å²) in [7, 11) is 0. The van der Waals surface area contributed by atoms with E-state index in [1.807, 2.05) is 0 Å². The molecule has 0 bridgehead atoms. The van der Waals surface area contributed by atoms with Crippen molar-refractivity contribution < 1.29 is 4.74 Å². The molecule has 0 aromatic carbocycles. The Kier molecular flexibility index (Phi) is 3.37. The van der Waals surface area contributed by atoms with E-state index in [9.17, 15) is 0 Å². The molecule has 76 valence electrons. The summed E-state index contributed by atoms with van der Waals surface area (Å²) in [4.78, 5) is 2.43. The lowest BCUT2D eigenvalue weighted by atomic mass is 9.90. The summed E-state index contributed by atoms with van der Waals surface area (Å²) >= 11 is 0. The van der Waals surface area contributed by atoms with Crippen LogP contribution in [0.25, 0.3) is 0 Å². The van der Waals surface area contributed by atoms with E-state index in [0.29, 0.717) is 0 Å². The molecule has 0 saturated carbocycles. The van der Waals surface area contributed by atoms with Crippen LogP contribution < -0.4 is 0 Å². The quantitative estimate of drug-likeness (QED) is 0.618. The Morgan fingerprint density at radius 3 is 2.15 bits per heavy atom. The summed E-state index contributed by atoms with van der Waals surface area (Å²) in [5.74, 6) is 0. The van der Waals surface area contributed by atoms with E-state index in [4.69, 9.17) is 4.74 Å². The fourth-order valence-corrected chi connectivity index (χ4v) is 1.89. The van der Waals surface area contributed by atoms with Gasteiger partial charge in [-0.2, -0.15) is 0 Å². The van der Waals surface area contributed by atoms with Crippen LogP contribution in [-0.4, -0.2) is 31.2 Å². The monoisotopic (exact) mass is 183 g/mol. The average molecular weight is 183 g/mol. The van der Waals surface area contributed by atoms with E-state index in [2.05, 4.69) is 38.7 Å². The van der Waals surface area contributed by atoms with Gasteiger partial charge in [0.2, 0.25) is 0 Å². The van der Waals surface area contributed by atoms with Gasteiger partial charge in [-0.15, -0.1) is 0 Å². The van der Waals surface area contributed by atoms with Crippen LogP contribution in [0.3, 0.4) is 0 Å². The lowest BCUT2D eigenvalue weighted by Crippen LogP contribution is -2.39. The molecular weight excluding hydrogens is 162 g/mol. The number of allylic oxidation sites excluding steroid dienone is 2. The smallest absolute Gasteiger partial charge is 0.0642 e. The highest BCUT2D eigenvalue weighted by Crippen LogP contribution is 2.28. The Morgan fingerprint density at radius 2 is 1.77 bits per heavy atom. The van der Waals surface area contributed by atoms with Crippen LogP contribution in [0.4, 0.5) is 0 Å². The van der Waals surface area contributed by atoms with E-state index in [0.717, 1.165) is 26.3 Å². The normalized spacial score (nSPS) is 20.6. The first kappa shape index (κ1) is 10.6. The minimum absolute atomic E-state index is 0.256. The standard InChI is InChI=1S/C11H21NO/c1-5-10(11(2,3)4)12-6-8-13-9-7-12/h5H,6-9H2,1-4H3. The van der Waals surface area contributed by atoms with Crippen molar-refractivity contribution in [3.63, 3.8) is 0 Å². The third kappa shape index (κ3) is 2.73. The number of rotatable bonds is 1. The summed E-state index contributed by atoms with van der Waals surface area (Å²) in [6.07, 6.45) is 2.23. The molecule has 1 aliphatic rings. The first-order valence-electron chi connectivity index (χ1n) is 5.05. The number of nitrogens with zero attached hydrogens (tertiary/aromatic N) is 1. The summed E-state index contributed by atoms with van der Waals surface area (Å²) in [5.41, 5.74) is 1.70. The molecule has 1 rings (SSSR count). The van der Waals surface area contributed by atoms with Gasteiger partial charge >= 0.3 is 0 Å². The van der Waals surface area contributed by atoms with E-state index >= 15 is 0 Å². The molecule has 0 radical (unpaired) electrons. The zero-order chi connectivity index (χ0) is 9.90. The van der Waals surface area contributed by atoms with Crippen LogP contribution in [-0.2, 0) is 4.74 Å². The first-order valence-corrected chi connectivity index (χ1v) is 5.05. The highest BCUT2D eigenvalue weighted by molar-refractivity contribution is 5.09. The summed E-state index contributed by atoms with van der Waals surface area (Å²) in [5, 5.41) is 0. The van der Waals surface area contributed by atoms with E-state index in [1.54, 1.807) is 0 Å². The molecule has 1 fully saturated rings. The van der Waals surface area contributed by atoms with E-state index in [-0.39, 0.29) is 5.41 Å². The molecule has 1 aliphatic heterocycles. The fraction of sp³-hybridized carbons (Fsp3) is 0.818. The third-order valence-electron chi connectivity index (χ3n) is 2.39. The highest BCUT2D eigenvalue weighted by Gasteiger charge is 2.23. The Hall–Kier alpha value is -0.500. The molecule has 0 amide bonds. The maximum absolute atomic E-state index is 5.34. The largest absolute Gasteiger partial charge is 0.378 e. The van der Waals surface area contributed by atoms with Crippen LogP contribution in [0.1, 0.15) is 27.7 Å². The van der Waals surface area contributed by atoms with Crippen molar-refractivity contribution in [3.05, 3.63) is 11.8 Å². The molecule has 1 saturated heterocycles. The Labute approximate surface area is 81.6 Å². The van der Waals surface area contributed by atoms with Gasteiger partial charge in [0.25, 0.3) is 0 Å². The van der Waals surface area contributed by atoms with Crippen molar-refractivity contribution in [1.82, 2.24) is 4.90 Å². The Morgan fingerprint density at radius 1 is 1.23 bits per heavy atom. The molecule has 0 aliphatic carbocycles. The number of ether oxygens (including phenoxy) is 1. The third-order valence-corrected chi connectivity index (χ3v) is 2.39. The van der Waals surface area contributed by atoms with Gasteiger partial charge in [-0.3, -0.25) is 0 Å². The molecule has 0 spiro atoms. The van der Waals surface area contributed by atoms with Crippen LogP contribution in [0.5, 0.6) is 0 Å². The molecule has 0 aromatic rings. The highest BCUT2D eigenvalue weighted by atomic mass is 16.5. The van der Waals surface area contributed by atoms with Crippen LogP contribution in [0.15, 0.2) is 11.8 Å². The Balaban J connectivity index is 2.66. The SMILES string of the molecule is CC=C(N1CCOCC1)C(C)(C)C. The van der Waals surface area contributed by atoms with Crippen molar-refractivity contribution in [2.24, 2.45) is 5.41 Å². The van der Waals surface area contributed by atoms with Gasteiger partial charge in [0.15, 0.2) is 0 Å². The molecule has 13 heavy (non-hydrogen) atoms. The minimum Gasteiger partial charge on any atom is -0.378 e. The minimum atomic E-state index is 0.256. The maximum atomic E-state index is 5.34. The molecule has 2 nitrogen and oxygen atoms in total. The lowest BCUT2D eigenvalue weighted by Gasteiger charge is -2.37. The van der Waals surface area contributed by atoms with Gasteiger partial charge < -0.3 is 9.64 Å². The summed E-state index contributed by atoms with van der Waals surface area (Å²) in [6, 6.07) is 0. The maximum Gasteiger partial charge on any atom is 0.0642 e. The predicted molar refractivity (Wildman–Crippen MR) is 55.6 cm³/mol. The zero-order valence-electron chi connectivity index (χ0n) is 9.26. The second kappa shape index (κ2) is 4.14. The molecule has 1 heterocycles. The first-order chi connectivity index (χ1) is 6.05. The molecule has 2 heteroatoms. The van der Waals surface area contributed by atoms with Crippen molar-refractivity contribution in [2.75, 3.05) is 26.3 Å². The molecule has 0 aromatic heterocycles. The van der Waals surface area contributed by atoms with Gasteiger partial charge in [-0.25, -0.2) is 0 Å². The summed E-state index contributed by atoms with van der Waals surface area (Å²) < 4.78 is 5.34. The van der Waals surface area contributed by atoms with Crippen LogP contribution in [0, 0.1) is 5.41 Å². The molecule has 0 atom stereocenters. The van der Waals surface area contributed by atoms with Crippen molar-refractivity contribution >= 4 is 0 Å². The topological polar surface area (TPSA) is 12.5 Å². The molecular formula is C11H21NO. The van der Waals surface area contributed by atoms with E-state index < -0.39 is 0 Å². The van der Waals surface area contributed by atoms with Crippen LogP contribution >= 0.6 is 0 Å².